The van der Waals surface area contributed by atoms with Crippen molar-refractivity contribution in [2.24, 2.45) is 17.8 Å². The highest BCUT2D eigenvalue weighted by molar-refractivity contribution is 5.76. The molecule has 12 heteroatoms. The monoisotopic (exact) mass is 929 g/mol. The minimum Gasteiger partial charge on any atom is -0.448 e. The zero-order valence-electron chi connectivity index (χ0n) is 44.5. The van der Waals surface area contributed by atoms with Crippen molar-refractivity contribution in [1.29, 1.82) is 5.26 Å². The van der Waals surface area contributed by atoms with Crippen LogP contribution in [-0.2, 0) is 23.7 Å². The van der Waals surface area contributed by atoms with Crippen molar-refractivity contribution < 1.29 is 38.4 Å². The van der Waals surface area contributed by atoms with Gasteiger partial charge in [-0.3, -0.25) is 4.79 Å². The first-order valence-corrected chi connectivity index (χ1v) is 24.9. The first-order valence-electron chi connectivity index (χ1n) is 24.9. The third-order valence-electron chi connectivity index (χ3n) is 11.1. The summed E-state index contributed by atoms with van der Waals surface area (Å²) in [5.74, 6) is 1.65. The lowest BCUT2D eigenvalue weighted by atomic mass is 9.89. The lowest BCUT2D eigenvalue weighted by molar-refractivity contribution is -0.249. The van der Waals surface area contributed by atoms with Crippen LogP contribution in [0.5, 0.6) is 0 Å². The number of ether oxygens (including phenoxy) is 4. The number of aliphatic hydroxyl groups excluding tert-OH is 2. The van der Waals surface area contributed by atoms with Crippen LogP contribution in [0.2, 0.25) is 0 Å². The highest BCUT2D eigenvalue weighted by Gasteiger charge is 2.33. The fourth-order valence-electron chi connectivity index (χ4n) is 7.52. The van der Waals surface area contributed by atoms with E-state index < -0.39 is 18.5 Å². The van der Waals surface area contributed by atoms with Gasteiger partial charge >= 0.3 is 0 Å². The number of nitriles is 1. The summed E-state index contributed by atoms with van der Waals surface area (Å²) >= 11 is 0. The van der Waals surface area contributed by atoms with Crippen LogP contribution in [0.25, 0.3) is 6.08 Å². The molecule has 4 N–H and O–H groups in total. The summed E-state index contributed by atoms with van der Waals surface area (Å²) in [7, 11) is 5.04. The van der Waals surface area contributed by atoms with Crippen molar-refractivity contribution in [3.05, 3.63) is 71.0 Å². The lowest BCUT2D eigenvalue weighted by Crippen LogP contribution is -2.43. The molecule has 0 spiro atoms. The number of hydrogen-bond acceptors (Lipinski definition) is 11. The molecular formula is C54H96N4O8. The Morgan fingerprint density at radius 1 is 0.985 bits per heavy atom. The Morgan fingerprint density at radius 3 is 2.27 bits per heavy atom. The molecular weight excluding hydrogens is 833 g/mol. The second-order valence-corrected chi connectivity index (χ2v) is 17.3. The van der Waals surface area contributed by atoms with Crippen molar-refractivity contribution in [3.8, 4) is 6.07 Å². The SMILES string of the molecule is CC.CC.CC.CNC(COC)C(O)CC(=O)NCCC(C)c1nc(/C=C/C[C@H]2CC(O)CC(OC(CC(C)C)C(CCC(C)CC(C)/C=C(C)/C(C)=C/C=C/C(C)=C/C#N)OC)O2)co1. The number of aromatic nitrogens is 1. The Balaban J connectivity index is 0. The van der Waals surface area contributed by atoms with E-state index in [4.69, 9.17) is 28.6 Å². The molecule has 0 bridgehead atoms. The van der Waals surface area contributed by atoms with Gasteiger partial charge in [0.2, 0.25) is 5.91 Å². The Hall–Kier alpha value is -3.41. The number of methoxy groups -OCH3 is 2. The molecule has 66 heavy (non-hydrogen) atoms. The van der Waals surface area contributed by atoms with Crippen LogP contribution in [0.1, 0.15) is 172 Å². The van der Waals surface area contributed by atoms with Crippen molar-refractivity contribution in [3.63, 3.8) is 0 Å². The fraction of sp³-hybridized carbons (Fsp3) is 0.722. The van der Waals surface area contributed by atoms with Crippen LogP contribution in [0, 0.1) is 29.1 Å². The van der Waals surface area contributed by atoms with E-state index in [2.05, 4.69) is 75.4 Å². The van der Waals surface area contributed by atoms with Gasteiger partial charge in [0.25, 0.3) is 0 Å². The van der Waals surface area contributed by atoms with Crippen molar-refractivity contribution in [2.45, 2.75) is 203 Å². The van der Waals surface area contributed by atoms with Gasteiger partial charge < -0.3 is 44.2 Å². The molecule has 12 nitrogen and oxygen atoms in total. The smallest absolute Gasteiger partial charge is 0.222 e. The average Bonchev–Trinajstić information content (AvgIpc) is 3.76. The largest absolute Gasteiger partial charge is 0.448 e. The molecule has 1 saturated heterocycles. The standard InChI is InChI=1S/C48H78N4O8.3C2H6/c1-32(2)24-45(44(57-11)19-18-34(4)25-35(5)26-38(8)36(6)15-12-14-33(3)20-22-49)60-47-28-40(53)27-41(59-47)17-13-16-39-30-58-48(52-39)37(7)21-23-51-46(55)29-43(54)42(50-9)31-56-10;3*1-2/h12-16,20,26,30,32,34-35,37,40-45,47,50,53-54H,17-19,21,23-25,27-29,31H2,1-11H3,(H,51,55);3*1-2H3/b14-12+,16-13+,33-20+,36-15+,38-26+;;;/t34?,35?,37?,40?,41-,42?,43?,44?,45?,47?;;;/m0.../s1. The van der Waals surface area contributed by atoms with Crippen LogP contribution in [0.15, 0.2) is 63.9 Å². The molecule has 9 unspecified atom stereocenters. The Bertz CT molecular complexity index is 1580. The maximum Gasteiger partial charge on any atom is 0.222 e. The number of nitrogens with one attached hydrogen (secondary N) is 2. The van der Waals surface area contributed by atoms with Crippen molar-refractivity contribution in [1.82, 2.24) is 15.6 Å². The molecule has 1 aromatic rings. The molecule has 380 valence electrons. The van der Waals surface area contributed by atoms with Crippen LogP contribution >= 0.6 is 0 Å². The van der Waals surface area contributed by atoms with Crippen LogP contribution in [-0.4, -0.2) is 98.4 Å². The second-order valence-electron chi connectivity index (χ2n) is 17.3. The van der Waals surface area contributed by atoms with Gasteiger partial charge in [0, 0.05) is 45.6 Å². The molecule has 1 aromatic heterocycles. The molecule has 0 aliphatic carbocycles. The van der Waals surface area contributed by atoms with E-state index in [1.54, 1.807) is 27.5 Å². The number of oxazole rings is 1. The maximum atomic E-state index is 12.3. The van der Waals surface area contributed by atoms with Crippen LogP contribution in [0.3, 0.4) is 0 Å². The van der Waals surface area contributed by atoms with Gasteiger partial charge in [-0.2, -0.15) is 5.26 Å². The van der Waals surface area contributed by atoms with E-state index in [0.29, 0.717) is 68.2 Å². The number of amides is 1. The zero-order valence-corrected chi connectivity index (χ0v) is 44.5. The average molecular weight is 929 g/mol. The lowest BCUT2D eigenvalue weighted by Gasteiger charge is -2.37. The normalized spacial score (nSPS) is 20.1. The van der Waals surface area contributed by atoms with Crippen LogP contribution in [0.4, 0.5) is 0 Å². The number of rotatable bonds is 28. The first-order chi connectivity index (χ1) is 31.6. The van der Waals surface area contributed by atoms with Gasteiger partial charge in [-0.05, 0) is 101 Å². The first kappa shape index (κ1) is 64.7. The van der Waals surface area contributed by atoms with E-state index in [1.165, 1.54) is 17.2 Å². The number of likely N-dealkylation sites (N-methyl/N-ethyl adjacent to an activating group) is 1. The summed E-state index contributed by atoms with van der Waals surface area (Å²) in [5.41, 5.74) is 4.09. The van der Waals surface area contributed by atoms with Crippen molar-refractivity contribution in [2.75, 3.05) is 34.4 Å². The molecule has 0 aromatic carbocycles. The number of aliphatic hydroxyl groups is 2. The minimum atomic E-state index is -0.848. The fourth-order valence-corrected chi connectivity index (χ4v) is 7.52. The molecule has 2 rings (SSSR count). The molecule has 0 saturated carbocycles. The molecule has 1 fully saturated rings. The Kier molecular flexibility index (Phi) is 38.8. The number of carbonyl (C=O) groups is 1. The topological polar surface area (TPSA) is 168 Å². The quantitative estimate of drug-likeness (QED) is 0.0466. The van der Waals surface area contributed by atoms with Crippen molar-refractivity contribution >= 4 is 12.0 Å². The van der Waals surface area contributed by atoms with E-state index in [9.17, 15) is 15.0 Å². The minimum absolute atomic E-state index is 0.0143. The van der Waals surface area contributed by atoms with E-state index in [0.717, 1.165) is 31.3 Å². The third-order valence-corrected chi connectivity index (χ3v) is 11.1. The summed E-state index contributed by atoms with van der Waals surface area (Å²) in [6.07, 6.45) is 19.0. The predicted octanol–water partition coefficient (Wildman–Crippen LogP) is 11.4. The molecule has 1 amide bonds. The molecule has 1 aliphatic rings. The summed E-state index contributed by atoms with van der Waals surface area (Å²) in [4.78, 5) is 17.0. The van der Waals surface area contributed by atoms with Gasteiger partial charge in [-0.15, -0.1) is 0 Å². The summed E-state index contributed by atoms with van der Waals surface area (Å²) < 4.78 is 30.0. The number of hydrogen-bond donors (Lipinski definition) is 4. The molecule has 10 atom stereocenters. The van der Waals surface area contributed by atoms with Gasteiger partial charge in [-0.25, -0.2) is 4.98 Å². The zero-order chi connectivity index (χ0) is 50.6. The number of nitrogens with zero attached hydrogens (tertiary/aromatic N) is 2. The van der Waals surface area contributed by atoms with E-state index in [-0.39, 0.29) is 42.6 Å². The Labute approximate surface area is 402 Å². The molecule has 1 aliphatic heterocycles. The summed E-state index contributed by atoms with van der Waals surface area (Å²) in [5, 5.41) is 35.8. The second kappa shape index (κ2) is 39.6. The van der Waals surface area contributed by atoms with Gasteiger partial charge in [0.1, 0.15) is 12.0 Å². The summed E-state index contributed by atoms with van der Waals surface area (Å²) in [6.45, 7) is 29.9. The maximum absolute atomic E-state index is 12.3. The third kappa shape index (κ3) is 28.7. The van der Waals surface area contributed by atoms with Gasteiger partial charge in [0.15, 0.2) is 12.2 Å². The van der Waals surface area contributed by atoms with Crippen LogP contribution < -0.4 is 10.6 Å². The highest BCUT2D eigenvalue weighted by Crippen LogP contribution is 2.30. The van der Waals surface area contributed by atoms with E-state index >= 15 is 0 Å². The predicted molar refractivity (Wildman–Crippen MR) is 273 cm³/mol. The van der Waals surface area contributed by atoms with Gasteiger partial charge in [-0.1, -0.05) is 112 Å². The summed E-state index contributed by atoms with van der Waals surface area (Å²) in [6, 6.07) is 1.74. The molecule has 2 heterocycles. The number of allylic oxidation sites excluding steroid dienone is 8. The highest BCUT2D eigenvalue weighted by atomic mass is 16.7. The van der Waals surface area contributed by atoms with Gasteiger partial charge in [0.05, 0.1) is 55.7 Å². The Morgan fingerprint density at radius 2 is 1.67 bits per heavy atom. The molecule has 0 radical (unpaired) electrons. The van der Waals surface area contributed by atoms with E-state index in [1.807, 2.05) is 79.7 Å². The number of carbonyl (C=O) groups excluding carboxylic acids is 1.